The van der Waals surface area contributed by atoms with Crippen molar-refractivity contribution in [1.82, 2.24) is 4.98 Å². The summed E-state index contributed by atoms with van der Waals surface area (Å²) in [5, 5.41) is 3.25. The average Bonchev–Trinajstić information content (AvgIpc) is 2.81. The Bertz CT molecular complexity index is 744. The molecule has 0 aliphatic rings. The van der Waals surface area contributed by atoms with E-state index in [1.54, 1.807) is 0 Å². The van der Waals surface area contributed by atoms with Crippen LogP contribution in [0.3, 0.4) is 0 Å². The van der Waals surface area contributed by atoms with Gasteiger partial charge in [-0.1, -0.05) is 19.1 Å². The van der Waals surface area contributed by atoms with Crippen LogP contribution in [0.5, 0.6) is 0 Å². The molecule has 23 heavy (non-hydrogen) atoms. The number of rotatable bonds is 6. The normalized spacial score (nSPS) is 12.0. The molecule has 2 aromatic rings. The zero-order chi connectivity index (χ0) is 17.1. The van der Waals surface area contributed by atoms with E-state index in [4.69, 9.17) is 0 Å². The van der Waals surface area contributed by atoms with E-state index in [2.05, 4.69) is 29.4 Å². The standard InChI is InChI=1S/C19H24N2O2/c1-6-15-8-7-9-16(10-15)20-13(4)19(23)18-11(2)17(14(5)22)12(3)21-18/h7-10,13,20-21H,6H2,1-5H3. The molecule has 0 saturated carbocycles. The van der Waals surface area contributed by atoms with E-state index in [1.165, 1.54) is 12.5 Å². The largest absolute Gasteiger partial charge is 0.375 e. The van der Waals surface area contributed by atoms with Gasteiger partial charge >= 0.3 is 0 Å². The molecule has 4 heteroatoms. The fourth-order valence-corrected chi connectivity index (χ4v) is 2.94. The molecule has 1 heterocycles. The number of carbonyl (C=O) groups excluding carboxylic acids is 2. The molecule has 0 spiro atoms. The van der Waals surface area contributed by atoms with Gasteiger partial charge in [0.15, 0.2) is 5.78 Å². The van der Waals surface area contributed by atoms with Crippen molar-refractivity contribution in [2.45, 2.75) is 47.1 Å². The van der Waals surface area contributed by atoms with E-state index in [9.17, 15) is 9.59 Å². The predicted octanol–water partition coefficient (Wildman–Crippen LogP) is 4.08. The number of benzene rings is 1. The molecule has 1 aromatic heterocycles. The van der Waals surface area contributed by atoms with Crippen LogP contribution in [0.2, 0.25) is 0 Å². The number of hydrogen-bond donors (Lipinski definition) is 2. The van der Waals surface area contributed by atoms with Crippen molar-refractivity contribution in [3.8, 4) is 0 Å². The van der Waals surface area contributed by atoms with Crippen molar-refractivity contribution in [2.24, 2.45) is 0 Å². The van der Waals surface area contributed by atoms with E-state index in [1.807, 2.05) is 32.9 Å². The molecule has 1 unspecified atom stereocenters. The minimum absolute atomic E-state index is 0.0217. The molecule has 2 N–H and O–H groups in total. The summed E-state index contributed by atoms with van der Waals surface area (Å²) in [6.07, 6.45) is 0.953. The van der Waals surface area contributed by atoms with Crippen LogP contribution >= 0.6 is 0 Å². The molecule has 1 atom stereocenters. The first-order valence-corrected chi connectivity index (χ1v) is 7.94. The second kappa shape index (κ2) is 6.82. The zero-order valence-corrected chi connectivity index (χ0v) is 14.4. The number of Topliss-reactive ketones (excluding diaryl/α,β-unsaturated/α-hetero) is 2. The first-order chi connectivity index (χ1) is 10.8. The van der Waals surface area contributed by atoms with Gasteiger partial charge in [0, 0.05) is 16.9 Å². The number of hydrogen-bond acceptors (Lipinski definition) is 3. The number of aromatic amines is 1. The Morgan fingerprint density at radius 3 is 2.52 bits per heavy atom. The second-order valence-electron chi connectivity index (χ2n) is 5.97. The minimum Gasteiger partial charge on any atom is -0.375 e. The highest BCUT2D eigenvalue weighted by Gasteiger charge is 2.23. The highest BCUT2D eigenvalue weighted by Crippen LogP contribution is 2.21. The molecule has 4 nitrogen and oxygen atoms in total. The number of ketones is 2. The molecule has 1 aromatic carbocycles. The van der Waals surface area contributed by atoms with Crippen LogP contribution < -0.4 is 5.32 Å². The van der Waals surface area contributed by atoms with Crippen molar-refractivity contribution < 1.29 is 9.59 Å². The maximum atomic E-state index is 12.7. The van der Waals surface area contributed by atoms with Crippen molar-refractivity contribution in [3.05, 3.63) is 52.3 Å². The third-order valence-electron chi connectivity index (χ3n) is 4.15. The Kier molecular flexibility index (Phi) is 5.04. The van der Waals surface area contributed by atoms with Gasteiger partial charge in [-0.25, -0.2) is 0 Å². The van der Waals surface area contributed by atoms with Gasteiger partial charge in [0.05, 0.1) is 11.7 Å². The summed E-state index contributed by atoms with van der Waals surface area (Å²) in [6.45, 7) is 9.10. The van der Waals surface area contributed by atoms with Crippen LogP contribution in [0, 0.1) is 13.8 Å². The Hall–Kier alpha value is -2.36. The summed E-state index contributed by atoms with van der Waals surface area (Å²) in [6, 6.07) is 7.68. The Morgan fingerprint density at radius 1 is 1.26 bits per heavy atom. The maximum Gasteiger partial charge on any atom is 0.201 e. The first-order valence-electron chi connectivity index (χ1n) is 7.94. The molecule has 0 saturated heterocycles. The van der Waals surface area contributed by atoms with E-state index < -0.39 is 0 Å². The van der Waals surface area contributed by atoms with Crippen LogP contribution in [-0.4, -0.2) is 22.6 Å². The number of carbonyl (C=O) groups is 2. The number of anilines is 1. The van der Waals surface area contributed by atoms with Gasteiger partial charge in [-0.2, -0.15) is 0 Å². The molecular weight excluding hydrogens is 288 g/mol. The Balaban J connectivity index is 2.23. The van der Waals surface area contributed by atoms with E-state index >= 15 is 0 Å². The lowest BCUT2D eigenvalue weighted by atomic mass is 10.0. The lowest BCUT2D eigenvalue weighted by Gasteiger charge is -2.15. The number of nitrogens with one attached hydrogen (secondary N) is 2. The van der Waals surface area contributed by atoms with Gasteiger partial charge in [0.1, 0.15) is 0 Å². The quantitative estimate of drug-likeness (QED) is 0.790. The lowest BCUT2D eigenvalue weighted by molar-refractivity contribution is 0.0970. The summed E-state index contributed by atoms with van der Waals surface area (Å²) in [5.74, 6) is -0.0634. The van der Waals surface area contributed by atoms with Gasteiger partial charge in [0.25, 0.3) is 0 Å². The predicted molar refractivity (Wildman–Crippen MR) is 93.5 cm³/mol. The summed E-state index contributed by atoms with van der Waals surface area (Å²) in [7, 11) is 0. The van der Waals surface area contributed by atoms with Crippen molar-refractivity contribution in [2.75, 3.05) is 5.32 Å². The van der Waals surface area contributed by atoms with E-state index in [0.29, 0.717) is 11.3 Å². The van der Waals surface area contributed by atoms with Crippen molar-refractivity contribution >= 4 is 17.3 Å². The van der Waals surface area contributed by atoms with Gasteiger partial charge < -0.3 is 10.3 Å². The topological polar surface area (TPSA) is 62.0 Å². The zero-order valence-electron chi connectivity index (χ0n) is 14.4. The third kappa shape index (κ3) is 3.52. The molecule has 0 aliphatic heterocycles. The Morgan fingerprint density at radius 2 is 1.96 bits per heavy atom. The smallest absolute Gasteiger partial charge is 0.201 e. The molecule has 0 aliphatic carbocycles. The summed E-state index contributed by atoms with van der Waals surface area (Å²) >= 11 is 0. The average molecular weight is 312 g/mol. The van der Waals surface area contributed by atoms with Crippen LogP contribution in [0.1, 0.15) is 58.4 Å². The SMILES string of the molecule is CCc1cccc(NC(C)C(=O)c2[nH]c(C)c(C(C)=O)c2C)c1. The Labute approximate surface area is 137 Å². The van der Waals surface area contributed by atoms with E-state index in [0.717, 1.165) is 23.4 Å². The van der Waals surface area contributed by atoms with Gasteiger partial charge in [0.2, 0.25) is 5.78 Å². The fraction of sp³-hybridized carbons (Fsp3) is 0.368. The monoisotopic (exact) mass is 312 g/mol. The highest BCUT2D eigenvalue weighted by molar-refractivity contribution is 6.05. The summed E-state index contributed by atoms with van der Waals surface area (Å²) < 4.78 is 0. The first kappa shape index (κ1) is 17.0. The molecule has 0 amide bonds. The van der Waals surface area contributed by atoms with E-state index in [-0.39, 0.29) is 17.6 Å². The van der Waals surface area contributed by atoms with Gasteiger partial charge in [-0.3, -0.25) is 9.59 Å². The lowest BCUT2D eigenvalue weighted by Crippen LogP contribution is -2.27. The second-order valence-corrected chi connectivity index (χ2v) is 5.97. The van der Waals surface area contributed by atoms with Crippen LogP contribution in [-0.2, 0) is 6.42 Å². The van der Waals surface area contributed by atoms with Crippen LogP contribution in [0.15, 0.2) is 24.3 Å². The molecule has 0 fully saturated rings. The maximum absolute atomic E-state index is 12.7. The van der Waals surface area contributed by atoms with Crippen LogP contribution in [0.4, 0.5) is 5.69 Å². The van der Waals surface area contributed by atoms with Gasteiger partial charge in [-0.15, -0.1) is 0 Å². The number of aryl methyl sites for hydroxylation is 2. The number of aromatic nitrogens is 1. The molecule has 0 radical (unpaired) electrons. The van der Waals surface area contributed by atoms with Crippen molar-refractivity contribution in [1.29, 1.82) is 0 Å². The minimum atomic E-state index is -0.376. The molecule has 2 rings (SSSR count). The number of H-pyrrole nitrogens is 1. The fourth-order valence-electron chi connectivity index (χ4n) is 2.94. The van der Waals surface area contributed by atoms with Crippen LogP contribution in [0.25, 0.3) is 0 Å². The molecule has 0 bridgehead atoms. The molecule has 122 valence electrons. The summed E-state index contributed by atoms with van der Waals surface area (Å²) in [5.41, 5.74) is 4.76. The third-order valence-corrected chi connectivity index (χ3v) is 4.15. The van der Waals surface area contributed by atoms with Crippen molar-refractivity contribution in [3.63, 3.8) is 0 Å². The highest BCUT2D eigenvalue weighted by atomic mass is 16.1. The van der Waals surface area contributed by atoms with Gasteiger partial charge in [-0.05, 0) is 57.4 Å². The molecular formula is C19H24N2O2. The summed E-state index contributed by atoms with van der Waals surface area (Å²) in [4.78, 5) is 27.5.